The van der Waals surface area contributed by atoms with Crippen molar-refractivity contribution in [3.63, 3.8) is 0 Å². The predicted octanol–water partition coefficient (Wildman–Crippen LogP) is 3.44. The second-order valence-corrected chi connectivity index (χ2v) is 5.72. The molecular weight excluding hydrogens is 302 g/mol. The van der Waals surface area contributed by atoms with E-state index in [0.717, 1.165) is 28.0 Å². The predicted molar refractivity (Wildman–Crippen MR) is 94.3 cm³/mol. The zero-order valence-electron chi connectivity index (χ0n) is 14.0. The molecule has 24 heavy (non-hydrogen) atoms. The van der Waals surface area contributed by atoms with Gasteiger partial charge in [-0.1, -0.05) is 12.1 Å². The van der Waals surface area contributed by atoms with Crippen LogP contribution < -0.4 is 10.1 Å². The van der Waals surface area contributed by atoms with Crippen LogP contribution in [0, 0.1) is 13.8 Å². The molecular formula is C19H19N3O2. The largest absolute Gasteiger partial charge is 0.497 e. The Labute approximate surface area is 140 Å². The van der Waals surface area contributed by atoms with E-state index >= 15 is 0 Å². The molecule has 0 aliphatic rings. The van der Waals surface area contributed by atoms with E-state index in [4.69, 9.17) is 4.74 Å². The van der Waals surface area contributed by atoms with Gasteiger partial charge < -0.3 is 10.1 Å². The second-order valence-electron chi connectivity index (χ2n) is 5.72. The molecule has 3 aromatic rings. The summed E-state index contributed by atoms with van der Waals surface area (Å²) in [4.78, 5) is 21.1. The molecule has 0 bridgehead atoms. The molecule has 2 aromatic heterocycles. The SMILES string of the molecule is COc1ccc(CC(=O)Nc2ccc3c(C)cc(C)nc3n2)cc1. The van der Waals surface area contributed by atoms with Crippen LogP contribution in [0.4, 0.5) is 5.82 Å². The van der Waals surface area contributed by atoms with Crippen molar-refractivity contribution in [3.8, 4) is 5.75 Å². The van der Waals surface area contributed by atoms with E-state index in [9.17, 15) is 4.79 Å². The molecule has 3 rings (SSSR count). The summed E-state index contributed by atoms with van der Waals surface area (Å²) < 4.78 is 5.11. The van der Waals surface area contributed by atoms with Gasteiger partial charge >= 0.3 is 0 Å². The standard InChI is InChI=1S/C19H19N3O2/c1-12-10-13(2)20-19-16(12)8-9-17(22-19)21-18(23)11-14-4-6-15(24-3)7-5-14/h4-10H,11H2,1-3H3,(H,20,21,22,23). The number of benzene rings is 1. The van der Waals surface area contributed by atoms with Crippen molar-refractivity contribution in [2.75, 3.05) is 12.4 Å². The van der Waals surface area contributed by atoms with Crippen LogP contribution in [0.3, 0.4) is 0 Å². The topological polar surface area (TPSA) is 64.1 Å². The highest BCUT2D eigenvalue weighted by Gasteiger charge is 2.08. The maximum Gasteiger partial charge on any atom is 0.229 e. The molecule has 1 amide bonds. The number of nitrogens with one attached hydrogen (secondary N) is 1. The Morgan fingerprint density at radius 2 is 1.83 bits per heavy atom. The number of anilines is 1. The fourth-order valence-electron chi connectivity index (χ4n) is 2.62. The Balaban J connectivity index is 1.75. The first kappa shape index (κ1) is 15.9. The highest BCUT2D eigenvalue weighted by Crippen LogP contribution is 2.18. The number of aromatic nitrogens is 2. The zero-order chi connectivity index (χ0) is 17.1. The lowest BCUT2D eigenvalue weighted by molar-refractivity contribution is -0.115. The van der Waals surface area contributed by atoms with Gasteiger partial charge in [0.15, 0.2) is 5.65 Å². The number of nitrogens with zero attached hydrogens (tertiary/aromatic N) is 2. The minimum absolute atomic E-state index is 0.114. The summed E-state index contributed by atoms with van der Waals surface area (Å²) in [5, 5.41) is 3.82. The van der Waals surface area contributed by atoms with E-state index in [1.54, 1.807) is 13.2 Å². The van der Waals surface area contributed by atoms with Crippen LogP contribution >= 0.6 is 0 Å². The second kappa shape index (κ2) is 6.66. The molecule has 0 spiro atoms. The molecule has 0 saturated carbocycles. The summed E-state index contributed by atoms with van der Waals surface area (Å²) in [6.07, 6.45) is 0.282. The van der Waals surface area contributed by atoms with E-state index < -0.39 is 0 Å². The van der Waals surface area contributed by atoms with Crippen molar-refractivity contribution in [2.24, 2.45) is 0 Å². The van der Waals surface area contributed by atoms with Crippen LogP contribution in [0.15, 0.2) is 42.5 Å². The number of methoxy groups -OCH3 is 1. The minimum atomic E-state index is -0.114. The number of amides is 1. The Hall–Kier alpha value is -2.95. The number of hydrogen-bond acceptors (Lipinski definition) is 4. The molecule has 5 nitrogen and oxygen atoms in total. The number of fused-ring (bicyclic) bond motifs is 1. The molecule has 0 radical (unpaired) electrons. The molecule has 1 aromatic carbocycles. The lowest BCUT2D eigenvalue weighted by atomic mass is 10.1. The van der Waals surface area contributed by atoms with Crippen molar-refractivity contribution in [1.82, 2.24) is 9.97 Å². The van der Waals surface area contributed by atoms with Gasteiger partial charge in [-0.05, 0) is 55.3 Å². The normalized spacial score (nSPS) is 10.6. The molecule has 2 heterocycles. The molecule has 0 aliphatic carbocycles. The highest BCUT2D eigenvalue weighted by molar-refractivity contribution is 5.92. The number of ether oxygens (including phenoxy) is 1. The fraction of sp³-hybridized carbons (Fsp3) is 0.211. The average Bonchev–Trinajstić information content (AvgIpc) is 2.55. The third kappa shape index (κ3) is 3.51. The quantitative estimate of drug-likeness (QED) is 0.799. The van der Waals surface area contributed by atoms with E-state index in [1.165, 1.54) is 0 Å². The van der Waals surface area contributed by atoms with Crippen LogP contribution in [0.5, 0.6) is 5.75 Å². The van der Waals surface area contributed by atoms with Crippen LogP contribution in [0.1, 0.15) is 16.8 Å². The van der Waals surface area contributed by atoms with E-state index in [-0.39, 0.29) is 12.3 Å². The van der Waals surface area contributed by atoms with Gasteiger partial charge in [-0.15, -0.1) is 0 Å². The molecule has 1 N–H and O–H groups in total. The first-order valence-electron chi connectivity index (χ1n) is 7.73. The third-order valence-electron chi connectivity index (χ3n) is 3.80. The number of carbonyl (C=O) groups is 1. The monoisotopic (exact) mass is 321 g/mol. The Morgan fingerprint density at radius 1 is 1.08 bits per heavy atom. The van der Waals surface area contributed by atoms with Gasteiger partial charge in [0.1, 0.15) is 11.6 Å². The third-order valence-corrected chi connectivity index (χ3v) is 3.80. The lowest BCUT2D eigenvalue weighted by Gasteiger charge is -2.08. The fourth-order valence-corrected chi connectivity index (χ4v) is 2.62. The summed E-state index contributed by atoms with van der Waals surface area (Å²) in [5.74, 6) is 1.17. The number of aryl methyl sites for hydroxylation is 2. The molecule has 0 aliphatic heterocycles. The Kier molecular flexibility index (Phi) is 4.42. The van der Waals surface area contributed by atoms with Gasteiger partial charge in [-0.3, -0.25) is 4.79 Å². The molecule has 0 saturated heterocycles. The summed E-state index contributed by atoms with van der Waals surface area (Å²) in [5.41, 5.74) is 3.60. The highest BCUT2D eigenvalue weighted by atomic mass is 16.5. The minimum Gasteiger partial charge on any atom is -0.497 e. The molecule has 0 atom stereocenters. The maximum atomic E-state index is 12.2. The van der Waals surface area contributed by atoms with E-state index in [0.29, 0.717) is 11.5 Å². The zero-order valence-corrected chi connectivity index (χ0v) is 14.0. The number of rotatable bonds is 4. The molecule has 122 valence electrons. The van der Waals surface area contributed by atoms with Gasteiger partial charge in [0, 0.05) is 11.1 Å². The lowest BCUT2D eigenvalue weighted by Crippen LogP contribution is -2.15. The van der Waals surface area contributed by atoms with Gasteiger partial charge in [0.05, 0.1) is 13.5 Å². The smallest absolute Gasteiger partial charge is 0.229 e. The first-order chi connectivity index (χ1) is 11.5. The van der Waals surface area contributed by atoms with Crippen molar-refractivity contribution in [2.45, 2.75) is 20.3 Å². The van der Waals surface area contributed by atoms with Crippen molar-refractivity contribution in [3.05, 3.63) is 59.3 Å². The van der Waals surface area contributed by atoms with E-state index in [2.05, 4.69) is 15.3 Å². The van der Waals surface area contributed by atoms with E-state index in [1.807, 2.05) is 50.2 Å². The van der Waals surface area contributed by atoms with Gasteiger partial charge in [-0.25, -0.2) is 9.97 Å². The summed E-state index contributed by atoms with van der Waals surface area (Å²) in [7, 11) is 1.62. The first-order valence-corrected chi connectivity index (χ1v) is 7.73. The molecule has 5 heteroatoms. The van der Waals surface area contributed by atoms with Gasteiger partial charge in [0.25, 0.3) is 0 Å². The summed E-state index contributed by atoms with van der Waals surface area (Å²) in [6, 6.07) is 13.2. The maximum absolute atomic E-state index is 12.2. The number of carbonyl (C=O) groups excluding carboxylic acids is 1. The van der Waals surface area contributed by atoms with Crippen molar-refractivity contribution < 1.29 is 9.53 Å². The van der Waals surface area contributed by atoms with Crippen molar-refractivity contribution in [1.29, 1.82) is 0 Å². The number of hydrogen-bond donors (Lipinski definition) is 1. The number of pyridine rings is 2. The summed E-state index contributed by atoms with van der Waals surface area (Å²) >= 11 is 0. The average molecular weight is 321 g/mol. The van der Waals surface area contributed by atoms with Crippen LogP contribution in [-0.2, 0) is 11.2 Å². The van der Waals surface area contributed by atoms with Crippen LogP contribution in [0.25, 0.3) is 11.0 Å². The Bertz CT molecular complexity index is 889. The van der Waals surface area contributed by atoms with Crippen molar-refractivity contribution >= 4 is 22.8 Å². The molecule has 0 unspecified atom stereocenters. The Morgan fingerprint density at radius 3 is 2.54 bits per heavy atom. The molecule has 0 fully saturated rings. The summed E-state index contributed by atoms with van der Waals surface area (Å²) in [6.45, 7) is 3.96. The van der Waals surface area contributed by atoms with Crippen LogP contribution in [0.2, 0.25) is 0 Å². The van der Waals surface area contributed by atoms with Gasteiger partial charge in [-0.2, -0.15) is 0 Å². The van der Waals surface area contributed by atoms with Crippen LogP contribution in [-0.4, -0.2) is 23.0 Å². The van der Waals surface area contributed by atoms with Gasteiger partial charge in [0.2, 0.25) is 5.91 Å².